The van der Waals surface area contributed by atoms with Crippen LogP contribution in [0.5, 0.6) is 0 Å². The van der Waals surface area contributed by atoms with Gasteiger partial charge in [-0.1, -0.05) is 3.89 Å². The molecular weight excluding hydrogens is 252 g/mol. The summed E-state index contributed by atoms with van der Waals surface area (Å²) in [5, 5.41) is 0. The second-order valence-electron chi connectivity index (χ2n) is 2.45. The fourth-order valence-corrected chi connectivity index (χ4v) is 1.64. The Hall–Kier alpha value is -1.06. The lowest BCUT2D eigenvalue weighted by Gasteiger charge is -1.95. The van der Waals surface area contributed by atoms with Crippen LogP contribution in [0.4, 0.5) is 13.5 Å². The van der Waals surface area contributed by atoms with Crippen molar-refractivity contribution in [1.29, 1.82) is 0 Å². The Morgan fingerprint density at radius 1 is 1.07 bits per heavy atom. The first-order chi connectivity index (χ1) is 6.68. The monoisotopic (exact) mass is 257 g/mol. The quantitative estimate of drug-likeness (QED) is 0.819. The first kappa shape index (κ1) is 12.0. The lowest BCUT2D eigenvalue weighted by molar-refractivity contribution is 0.503. The molecule has 0 aliphatic heterocycles. The molecule has 0 bridgehead atoms. The predicted molar refractivity (Wildman–Crippen MR) is 48.7 cm³/mol. The third kappa shape index (κ3) is 3.90. The maximum absolute atomic E-state index is 12.4. The van der Waals surface area contributed by atoms with Crippen LogP contribution >= 0.6 is 0 Å². The molecule has 0 fully saturated rings. The van der Waals surface area contributed by atoms with E-state index >= 15 is 0 Å². The molecule has 1 N–H and O–H groups in total. The third-order valence-corrected chi connectivity index (χ3v) is 2.61. The van der Waals surface area contributed by atoms with Crippen LogP contribution in [-0.2, 0) is 20.6 Å². The predicted octanol–water partition coefficient (Wildman–Crippen LogP) is 1.80. The van der Waals surface area contributed by atoms with Crippen molar-refractivity contribution in [2.24, 2.45) is 4.36 Å². The molecule has 0 heterocycles. The Balaban J connectivity index is 3.19. The van der Waals surface area contributed by atoms with Crippen molar-refractivity contribution in [3.05, 3.63) is 24.3 Å². The Kier molecular flexibility index (Phi) is 3.07. The molecule has 0 aliphatic carbocycles. The standard InChI is InChI=1S/C6H5F2NO4S2/c7-14(10,11)6-3-1-5(2-4-6)9-15(8,12)13/h1-4H,(H,9,12,13). The molecule has 1 atom stereocenters. The molecule has 9 heteroatoms. The number of halogens is 2. The topological polar surface area (TPSA) is 83.8 Å². The largest absolute Gasteiger partial charge is 0.332 e. The number of rotatable bonds is 2. The van der Waals surface area contributed by atoms with E-state index in [4.69, 9.17) is 4.55 Å². The van der Waals surface area contributed by atoms with E-state index in [0.717, 1.165) is 24.3 Å². The molecular formula is C6H5F2NO4S2. The van der Waals surface area contributed by atoms with Crippen LogP contribution in [0, 0.1) is 0 Å². The lowest BCUT2D eigenvalue weighted by Crippen LogP contribution is -1.90. The molecule has 1 aromatic carbocycles. The first-order valence-corrected chi connectivity index (χ1v) is 6.18. The second-order valence-corrected chi connectivity index (χ2v) is 4.85. The molecule has 0 aromatic heterocycles. The van der Waals surface area contributed by atoms with E-state index in [1.54, 1.807) is 0 Å². The smallest absolute Gasteiger partial charge is 0.276 e. The Morgan fingerprint density at radius 2 is 1.53 bits per heavy atom. The lowest BCUT2D eigenvalue weighted by atomic mass is 10.3. The molecule has 1 rings (SSSR count). The van der Waals surface area contributed by atoms with Crippen LogP contribution in [0.3, 0.4) is 0 Å². The van der Waals surface area contributed by atoms with Crippen molar-refractivity contribution in [2.45, 2.75) is 4.90 Å². The highest BCUT2D eigenvalue weighted by Gasteiger charge is 2.11. The Morgan fingerprint density at radius 3 is 1.87 bits per heavy atom. The zero-order valence-electron chi connectivity index (χ0n) is 7.00. The number of nitrogens with zero attached hydrogens (tertiary/aromatic N) is 1. The minimum Gasteiger partial charge on any atom is -0.276 e. The van der Waals surface area contributed by atoms with Gasteiger partial charge in [-0.2, -0.15) is 12.6 Å². The van der Waals surface area contributed by atoms with Gasteiger partial charge < -0.3 is 0 Å². The zero-order chi connectivity index (χ0) is 11.7. The van der Waals surface area contributed by atoms with Crippen LogP contribution in [0.2, 0.25) is 0 Å². The minimum absolute atomic E-state index is 0.266. The summed E-state index contributed by atoms with van der Waals surface area (Å²) in [6.07, 6.45) is 0. The van der Waals surface area contributed by atoms with Crippen molar-refractivity contribution in [1.82, 2.24) is 0 Å². The fourth-order valence-electron chi connectivity index (χ4n) is 0.800. The van der Waals surface area contributed by atoms with Gasteiger partial charge in [0.05, 0.1) is 10.6 Å². The molecule has 1 unspecified atom stereocenters. The van der Waals surface area contributed by atoms with Crippen molar-refractivity contribution in [3.63, 3.8) is 0 Å². The number of hydrogen-bond acceptors (Lipinski definition) is 4. The summed E-state index contributed by atoms with van der Waals surface area (Å²) in [4.78, 5) is -0.634. The van der Waals surface area contributed by atoms with E-state index in [1.165, 1.54) is 0 Å². The summed E-state index contributed by atoms with van der Waals surface area (Å²) in [6, 6.07) is 3.42. The molecule has 0 spiro atoms. The van der Waals surface area contributed by atoms with Gasteiger partial charge in [0.1, 0.15) is 0 Å². The van der Waals surface area contributed by atoms with E-state index in [1.807, 2.05) is 0 Å². The summed E-state index contributed by atoms with van der Waals surface area (Å²) in [7, 11) is -9.63. The Labute approximate surface area is 85.3 Å². The van der Waals surface area contributed by atoms with Gasteiger partial charge in [0, 0.05) is 0 Å². The Bertz CT molecular complexity index is 564. The normalized spacial score (nSPS) is 15.7. The van der Waals surface area contributed by atoms with Crippen LogP contribution in [-0.4, -0.2) is 17.2 Å². The average molecular weight is 257 g/mol. The summed E-state index contributed by atoms with van der Waals surface area (Å²) in [5.74, 6) is 0. The second kappa shape index (κ2) is 3.83. The van der Waals surface area contributed by atoms with Gasteiger partial charge in [-0.05, 0) is 24.3 Å². The summed E-state index contributed by atoms with van der Waals surface area (Å²) >= 11 is 0. The van der Waals surface area contributed by atoms with Crippen molar-refractivity contribution >= 4 is 26.3 Å². The fraction of sp³-hybridized carbons (Fsp3) is 0. The van der Waals surface area contributed by atoms with Crippen molar-refractivity contribution in [2.75, 3.05) is 0 Å². The molecule has 0 aliphatic rings. The highest BCUT2D eigenvalue weighted by molar-refractivity contribution is 7.86. The average Bonchev–Trinajstić information content (AvgIpc) is 2.00. The van der Waals surface area contributed by atoms with E-state index in [2.05, 4.69) is 4.36 Å². The molecule has 0 saturated heterocycles. The molecule has 0 saturated carbocycles. The molecule has 0 radical (unpaired) electrons. The molecule has 15 heavy (non-hydrogen) atoms. The maximum atomic E-state index is 12.4. The summed E-state index contributed by atoms with van der Waals surface area (Å²) in [6.45, 7) is 0. The van der Waals surface area contributed by atoms with E-state index < -0.39 is 25.5 Å². The van der Waals surface area contributed by atoms with Crippen LogP contribution in [0.1, 0.15) is 0 Å². The van der Waals surface area contributed by atoms with E-state index in [0.29, 0.717) is 0 Å². The van der Waals surface area contributed by atoms with Gasteiger partial charge in [0.2, 0.25) is 0 Å². The van der Waals surface area contributed by atoms with Gasteiger partial charge in [0.15, 0.2) is 0 Å². The van der Waals surface area contributed by atoms with Gasteiger partial charge in [-0.25, -0.2) is 0 Å². The molecule has 1 aromatic rings. The first-order valence-electron chi connectivity index (χ1n) is 3.42. The number of benzene rings is 1. The van der Waals surface area contributed by atoms with E-state index in [9.17, 15) is 20.4 Å². The minimum atomic E-state index is -4.83. The molecule has 84 valence electrons. The molecule has 0 amide bonds. The van der Waals surface area contributed by atoms with Crippen molar-refractivity contribution in [3.8, 4) is 0 Å². The maximum Gasteiger partial charge on any atom is 0.332 e. The van der Waals surface area contributed by atoms with Gasteiger partial charge in [-0.3, -0.25) is 4.55 Å². The van der Waals surface area contributed by atoms with Crippen molar-refractivity contribution < 1.29 is 25.0 Å². The number of hydrogen-bond donors (Lipinski definition) is 1. The zero-order valence-corrected chi connectivity index (χ0v) is 8.63. The third-order valence-electron chi connectivity index (χ3n) is 1.34. The highest BCUT2D eigenvalue weighted by Crippen LogP contribution is 2.19. The van der Waals surface area contributed by atoms with Crippen LogP contribution < -0.4 is 0 Å². The van der Waals surface area contributed by atoms with E-state index in [-0.39, 0.29) is 5.69 Å². The van der Waals surface area contributed by atoms with Gasteiger partial charge in [0.25, 0.3) is 0 Å². The molecule has 5 nitrogen and oxygen atoms in total. The SMILES string of the molecule is O=S(=O)(F)c1ccc(N=S(=O)(O)F)cc1. The summed E-state index contributed by atoms with van der Waals surface area (Å²) in [5.41, 5.74) is -0.266. The van der Waals surface area contributed by atoms with Gasteiger partial charge >= 0.3 is 20.6 Å². The van der Waals surface area contributed by atoms with Gasteiger partial charge in [-0.15, -0.1) is 8.25 Å². The highest BCUT2D eigenvalue weighted by atomic mass is 32.3. The van der Waals surface area contributed by atoms with Crippen LogP contribution in [0.15, 0.2) is 33.5 Å². The summed E-state index contributed by atoms with van der Waals surface area (Å²) < 4.78 is 66.3. The van der Waals surface area contributed by atoms with Crippen LogP contribution in [0.25, 0.3) is 0 Å².